The molecule has 1 aromatic rings. The minimum absolute atomic E-state index is 0.0250. The Morgan fingerprint density at radius 1 is 1.39 bits per heavy atom. The summed E-state index contributed by atoms with van der Waals surface area (Å²) in [5, 5.41) is 9.24. The molecule has 2 amide bonds. The lowest BCUT2D eigenvalue weighted by atomic mass is 10.1. The quantitative estimate of drug-likeness (QED) is 0.557. The van der Waals surface area contributed by atoms with E-state index in [4.69, 9.17) is 5.73 Å². The Hall–Kier alpha value is -2.52. The molecular weight excluding hydrogens is 444 g/mol. The number of carbonyl (C=O) groups excluding carboxylic acids is 2. The van der Waals surface area contributed by atoms with Gasteiger partial charge in [-0.05, 0) is 50.9 Å². The zero-order valence-electron chi connectivity index (χ0n) is 18.8. The molecule has 33 heavy (non-hydrogen) atoms. The number of amides is 2. The normalized spacial score (nSPS) is 27.1. The van der Waals surface area contributed by atoms with Gasteiger partial charge in [0.05, 0.1) is 29.1 Å². The first-order chi connectivity index (χ1) is 15.7. The number of nitrogens with zero attached hydrogens (tertiary/aromatic N) is 4. The van der Waals surface area contributed by atoms with Crippen molar-refractivity contribution in [3.05, 3.63) is 29.8 Å². The molecule has 3 aliphatic heterocycles. The summed E-state index contributed by atoms with van der Waals surface area (Å²) >= 11 is 0. The van der Waals surface area contributed by atoms with Crippen molar-refractivity contribution in [2.75, 3.05) is 26.7 Å². The van der Waals surface area contributed by atoms with Gasteiger partial charge in [0.1, 0.15) is 6.04 Å². The van der Waals surface area contributed by atoms with Gasteiger partial charge in [-0.3, -0.25) is 14.5 Å². The second-order valence-electron chi connectivity index (χ2n) is 8.99. The summed E-state index contributed by atoms with van der Waals surface area (Å²) in [5.74, 6) is -0.265. The molecule has 0 radical (unpaired) electrons. The fourth-order valence-electron chi connectivity index (χ4n) is 5.33. The van der Waals surface area contributed by atoms with Crippen molar-refractivity contribution in [2.24, 2.45) is 5.73 Å². The number of hydrogen-bond acceptors (Lipinski definition) is 7. The third kappa shape index (κ3) is 4.24. The zero-order valence-corrected chi connectivity index (χ0v) is 19.7. The van der Waals surface area contributed by atoms with Gasteiger partial charge >= 0.3 is 0 Å². The smallest absolute Gasteiger partial charge is 0.241 e. The first-order valence-electron chi connectivity index (χ1n) is 11.2. The number of carbonyl (C=O) groups is 2. The van der Waals surface area contributed by atoms with E-state index < -0.39 is 22.1 Å². The molecule has 3 aliphatic rings. The van der Waals surface area contributed by atoms with Crippen molar-refractivity contribution in [2.45, 2.75) is 61.3 Å². The number of likely N-dealkylation sites (tertiary alicyclic amines) is 3. The summed E-state index contributed by atoms with van der Waals surface area (Å²) in [4.78, 5) is 31.5. The van der Waals surface area contributed by atoms with Gasteiger partial charge in [0.2, 0.25) is 21.8 Å². The minimum atomic E-state index is -3.58. The van der Waals surface area contributed by atoms with Gasteiger partial charge in [-0.25, -0.2) is 13.1 Å². The number of hydrogen-bond donors (Lipinski definition) is 2. The Morgan fingerprint density at radius 2 is 2.15 bits per heavy atom. The van der Waals surface area contributed by atoms with Crippen LogP contribution in [0.4, 0.5) is 0 Å². The number of nitriles is 1. The lowest BCUT2D eigenvalue weighted by Crippen LogP contribution is -2.56. The molecular formula is C22H30N6O4S. The molecule has 0 aliphatic carbocycles. The molecule has 11 heteroatoms. The Morgan fingerprint density at radius 3 is 2.82 bits per heavy atom. The Bertz CT molecular complexity index is 1090. The lowest BCUT2D eigenvalue weighted by molar-refractivity contribution is -0.141. The molecule has 178 valence electrons. The zero-order chi connectivity index (χ0) is 23.9. The van der Waals surface area contributed by atoms with Crippen LogP contribution in [0.1, 0.15) is 37.8 Å². The van der Waals surface area contributed by atoms with E-state index in [9.17, 15) is 23.3 Å². The van der Waals surface area contributed by atoms with E-state index in [-0.39, 0.29) is 41.4 Å². The molecule has 0 saturated carbocycles. The van der Waals surface area contributed by atoms with Gasteiger partial charge < -0.3 is 15.5 Å². The van der Waals surface area contributed by atoms with E-state index in [0.717, 1.165) is 12.0 Å². The van der Waals surface area contributed by atoms with Crippen molar-refractivity contribution >= 4 is 21.8 Å². The van der Waals surface area contributed by atoms with Gasteiger partial charge in [-0.15, -0.1) is 0 Å². The van der Waals surface area contributed by atoms with Crippen LogP contribution in [0.25, 0.3) is 0 Å². The van der Waals surface area contributed by atoms with Crippen molar-refractivity contribution in [1.82, 2.24) is 19.4 Å². The van der Waals surface area contributed by atoms with E-state index in [1.807, 2.05) is 22.8 Å². The molecule has 1 unspecified atom stereocenters. The fourth-order valence-corrected chi connectivity index (χ4v) is 6.11. The topological polar surface area (TPSA) is 140 Å². The number of piperazine rings is 1. The first-order valence-corrected chi connectivity index (χ1v) is 12.7. The van der Waals surface area contributed by atoms with E-state index >= 15 is 0 Å². The van der Waals surface area contributed by atoms with E-state index in [2.05, 4.69) is 10.8 Å². The molecule has 10 nitrogen and oxygen atoms in total. The van der Waals surface area contributed by atoms with Crippen molar-refractivity contribution in [3.63, 3.8) is 0 Å². The SMILES string of the molecule is CNS(=O)(=O)c1cccc([C@H](C)N2C(=O)[C@H]3CC2CN3C[C@H](N)C(=O)N2CCC[C@H]2C#N)c1. The summed E-state index contributed by atoms with van der Waals surface area (Å²) in [6, 6.07) is 6.95. The number of nitrogens with one attached hydrogen (secondary N) is 1. The molecule has 0 aromatic heterocycles. The lowest BCUT2D eigenvalue weighted by Gasteiger charge is -2.38. The summed E-state index contributed by atoms with van der Waals surface area (Å²) in [6.07, 6.45) is 2.13. The van der Waals surface area contributed by atoms with Crippen molar-refractivity contribution < 1.29 is 18.0 Å². The molecule has 3 N–H and O–H groups in total. The second-order valence-corrected chi connectivity index (χ2v) is 10.9. The summed E-state index contributed by atoms with van der Waals surface area (Å²) in [6.45, 7) is 3.33. The second kappa shape index (κ2) is 9.02. The average Bonchev–Trinajstić information content (AvgIpc) is 3.52. The highest BCUT2D eigenvalue weighted by molar-refractivity contribution is 7.89. The third-order valence-corrected chi connectivity index (χ3v) is 8.50. The van der Waals surface area contributed by atoms with Crippen LogP contribution in [-0.2, 0) is 19.6 Å². The highest BCUT2D eigenvalue weighted by Gasteiger charge is 2.51. The molecule has 3 heterocycles. The van der Waals surface area contributed by atoms with Crippen LogP contribution in [0.5, 0.6) is 0 Å². The largest absolute Gasteiger partial charge is 0.330 e. The van der Waals surface area contributed by atoms with E-state index in [0.29, 0.717) is 25.9 Å². The minimum Gasteiger partial charge on any atom is -0.330 e. The van der Waals surface area contributed by atoms with Crippen molar-refractivity contribution in [1.29, 1.82) is 5.26 Å². The molecule has 5 atom stereocenters. The van der Waals surface area contributed by atoms with Gasteiger partial charge in [0.25, 0.3) is 0 Å². The highest BCUT2D eigenvalue weighted by atomic mass is 32.2. The number of nitrogens with two attached hydrogens (primary N) is 1. The molecule has 4 rings (SSSR count). The Labute approximate surface area is 194 Å². The van der Waals surface area contributed by atoms with Crippen LogP contribution in [0.2, 0.25) is 0 Å². The number of fused-ring (bicyclic) bond motifs is 2. The van der Waals surface area contributed by atoms with Crippen LogP contribution >= 0.6 is 0 Å². The maximum absolute atomic E-state index is 13.2. The monoisotopic (exact) mass is 474 g/mol. The average molecular weight is 475 g/mol. The van der Waals surface area contributed by atoms with Gasteiger partial charge in [-0.2, -0.15) is 5.26 Å². The molecule has 3 fully saturated rings. The third-order valence-electron chi connectivity index (χ3n) is 7.08. The molecule has 3 saturated heterocycles. The number of benzene rings is 1. The Balaban J connectivity index is 1.42. The van der Waals surface area contributed by atoms with E-state index in [1.165, 1.54) is 13.1 Å². The summed E-state index contributed by atoms with van der Waals surface area (Å²) < 4.78 is 26.6. The predicted molar refractivity (Wildman–Crippen MR) is 120 cm³/mol. The van der Waals surface area contributed by atoms with Crippen LogP contribution < -0.4 is 10.5 Å². The highest BCUT2D eigenvalue weighted by Crippen LogP contribution is 2.38. The van der Waals surface area contributed by atoms with Crippen molar-refractivity contribution in [3.8, 4) is 6.07 Å². The number of sulfonamides is 1. The maximum Gasteiger partial charge on any atom is 0.241 e. The molecule has 2 bridgehead atoms. The van der Waals surface area contributed by atoms with Crippen LogP contribution in [0, 0.1) is 11.3 Å². The molecule has 1 aromatic carbocycles. The predicted octanol–water partition coefficient (Wildman–Crippen LogP) is -0.217. The van der Waals surface area contributed by atoms with Crippen LogP contribution in [0.3, 0.4) is 0 Å². The summed E-state index contributed by atoms with van der Waals surface area (Å²) in [7, 11) is -2.21. The molecule has 0 spiro atoms. The van der Waals surface area contributed by atoms with Gasteiger partial charge in [-0.1, -0.05) is 12.1 Å². The van der Waals surface area contributed by atoms with E-state index in [1.54, 1.807) is 17.0 Å². The number of rotatable bonds is 7. The fraction of sp³-hybridized carbons (Fsp3) is 0.591. The van der Waals surface area contributed by atoms with Crippen LogP contribution in [0.15, 0.2) is 29.2 Å². The van der Waals surface area contributed by atoms with Crippen LogP contribution in [-0.4, -0.2) is 85.8 Å². The maximum atomic E-state index is 13.2. The standard InChI is InChI=1S/C22H30N6O4S/c1-14(15-5-3-7-18(9-15)33(31,32)25-2)28-17-10-20(22(28)30)26(12-17)13-19(24)21(29)27-8-4-6-16(27)11-23/h3,5,7,9,14,16-17,19-20,25H,4,6,8,10,12-13,24H2,1-2H3/t14-,16-,17?,19-,20+/m0/s1. The van der Waals surface area contributed by atoms with Gasteiger partial charge in [0.15, 0.2) is 0 Å². The first kappa shape index (κ1) is 23.6. The summed E-state index contributed by atoms with van der Waals surface area (Å²) in [5.41, 5.74) is 6.95. The van der Waals surface area contributed by atoms with Gasteiger partial charge in [0, 0.05) is 25.7 Å². The Kier molecular flexibility index (Phi) is 6.46.